The van der Waals surface area contributed by atoms with Gasteiger partial charge in [0.05, 0.1) is 11.6 Å². The molecule has 166 valence electrons. The fourth-order valence-electron chi connectivity index (χ4n) is 4.95. The van der Waals surface area contributed by atoms with Gasteiger partial charge in [0.15, 0.2) is 0 Å². The molecular formula is C26H29N3O3. The minimum absolute atomic E-state index is 0.00652. The van der Waals surface area contributed by atoms with E-state index in [1.807, 2.05) is 41.8 Å². The van der Waals surface area contributed by atoms with Crippen molar-refractivity contribution in [3.63, 3.8) is 0 Å². The van der Waals surface area contributed by atoms with E-state index in [-0.39, 0.29) is 18.0 Å². The maximum Gasteiger partial charge on any atom is 0.407 e. The number of cyclic esters (lactones) is 1. The SMILES string of the molecule is Cc1ccccc1C(=O)n1cc([C@H]2C[C@H](N(C)C)C2)c2cc(C[C@H]3COC(=O)N3)ccc21. The highest BCUT2D eigenvalue weighted by molar-refractivity contribution is 6.04. The summed E-state index contributed by atoms with van der Waals surface area (Å²) in [4.78, 5) is 27.2. The molecule has 1 amide bonds. The van der Waals surface area contributed by atoms with Gasteiger partial charge in [0.25, 0.3) is 5.91 Å². The van der Waals surface area contributed by atoms with E-state index in [0.717, 1.165) is 40.4 Å². The van der Waals surface area contributed by atoms with E-state index in [0.29, 0.717) is 25.0 Å². The van der Waals surface area contributed by atoms with Crippen molar-refractivity contribution in [3.05, 3.63) is 70.9 Å². The summed E-state index contributed by atoms with van der Waals surface area (Å²) in [5, 5.41) is 3.99. The van der Waals surface area contributed by atoms with E-state index in [9.17, 15) is 9.59 Å². The Kier molecular flexibility index (Phi) is 5.25. The number of alkyl carbamates (subject to hydrolysis) is 1. The number of hydrogen-bond donors (Lipinski definition) is 1. The summed E-state index contributed by atoms with van der Waals surface area (Å²) in [6.07, 6.45) is 4.61. The first-order valence-electron chi connectivity index (χ1n) is 11.2. The number of aryl methyl sites for hydroxylation is 1. The molecule has 1 aromatic heterocycles. The molecule has 5 rings (SSSR count). The van der Waals surface area contributed by atoms with Gasteiger partial charge in [-0.25, -0.2) is 4.79 Å². The molecule has 0 unspecified atom stereocenters. The molecule has 2 fully saturated rings. The highest BCUT2D eigenvalue weighted by Gasteiger charge is 2.34. The van der Waals surface area contributed by atoms with Crippen molar-refractivity contribution in [1.29, 1.82) is 0 Å². The van der Waals surface area contributed by atoms with Crippen LogP contribution in [0.25, 0.3) is 10.9 Å². The van der Waals surface area contributed by atoms with Gasteiger partial charge in [0, 0.05) is 23.2 Å². The Labute approximate surface area is 188 Å². The molecule has 1 saturated heterocycles. The van der Waals surface area contributed by atoms with Crippen LogP contribution in [0.1, 0.15) is 45.8 Å². The molecule has 1 aliphatic carbocycles. The van der Waals surface area contributed by atoms with Gasteiger partial charge < -0.3 is 15.0 Å². The van der Waals surface area contributed by atoms with Crippen LogP contribution in [0, 0.1) is 6.92 Å². The Balaban J connectivity index is 1.53. The predicted molar refractivity (Wildman–Crippen MR) is 124 cm³/mol. The largest absolute Gasteiger partial charge is 0.447 e. The topological polar surface area (TPSA) is 63.6 Å². The summed E-state index contributed by atoms with van der Waals surface area (Å²) >= 11 is 0. The summed E-state index contributed by atoms with van der Waals surface area (Å²) in [5.74, 6) is 0.452. The fraction of sp³-hybridized carbons (Fsp3) is 0.385. The second-order valence-corrected chi connectivity index (χ2v) is 9.36. The van der Waals surface area contributed by atoms with Crippen molar-refractivity contribution < 1.29 is 14.3 Å². The average Bonchev–Trinajstić information content (AvgIpc) is 3.30. The lowest BCUT2D eigenvalue weighted by Gasteiger charge is -2.39. The van der Waals surface area contributed by atoms with Crippen LogP contribution in [0.5, 0.6) is 0 Å². The van der Waals surface area contributed by atoms with Gasteiger partial charge >= 0.3 is 6.09 Å². The number of nitrogens with zero attached hydrogens (tertiary/aromatic N) is 2. The summed E-state index contributed by atoms with van der Waals surface area (Å²) in [5.41, 5.74) is 5.03. The molecule has 1 N–H and O–H groups in total. The van der Waals surface area contributed by atoms with Gasteiger partial charge in [0.2, 0.25) is 0 Å². The number of nitrogens with one attached hydrogen (secondary N) is 1. The van der Waals surface area contributed by atoms with Crippen LogP contribution in [0.2, 0.25) is 0 Å². The third-order valence-corrected chi connectivity index (χ3v) is 7.00. The smallest absolute Gasteiger partial charge is 0.407 e. The molecule has 0 radical (unpaired) electrons. The van der Waals surface area contributed by atoms with Gasteiger partial charge in [-0.1, -0.05) is 24.3 Å². The molecule has 2 aromatic carbocycles. The second kappa shape index (κ2) is 8.10. The fourth-order valence-corrected chi connectivity index (χ4v) is 4.95. The second-order valence-electron chi connectivity index (χ2n) is 9.36. The van der Waals surface area contributed by atoms with E-state index in [1.54, 1.807) is 0 Å². The molecule has 1 atom stereocenters. The van der Waals surface area contributed by atoms with E-state index in [2.05, 4.69) is 42.6 Å². The number of hydrogen-bond acceptors (Lipinski definition) is 4. The average molecular weight is 432 g/mol. The zero-order chi connectivity index (χ0) is 22.4. The van der Waals surface area contributed by atoms with Crippen molar-refractivity contribution in [2.24, 2.45) is 0 Å². The number of ether oxygens (including phenoxy) is 1. The van der Waals surface area contributed by atoms with Crippen molar-refractivity contribution in [2.45, 2.75) is 44.2 Å². The minimum Gasteiger partial charge on any atom is -0.447 e. The van der Waals surface area contributed by atoms with Crippen molar-refractivity contribution in [1.82, 2.24) is 14.8 Å². The number of amides is 1. The molecule has 3 aromatic rings. The Bertz CT molecular complexity index is 1190. The molecule has 2 aliphatic rings. The minimum atomic E-state index is -0.351. The van der Waals surface area contributed by atoms with Crippen LogP contribution in [0.3, 0.4) is 0 Å². The van der Waals surface area contributed by atoms with E-state index in [4.69, 9.17) is 4.74 Å². The lowest BCUT2D eigenvalue weighted by Crippen LogP contribution is -2.39. The van der Waals surface area contributed by atoms with Crippen molar-refractivity contribution in [3.8, 4) is 0 Å². The number of aromatic nitrogens is 1. The number of fused-ring (bicyclic) bond motifs is 1. The lowest BCUT2D eigenvalue weighted by atomic mass is 9.75. The molecule has 32 heavy (non-hydrogen) atoms. The number of benzene rings is 2. The van der Waals surface area contributed by atoms with Gasteiger partial charge in [-0.3, -0.25) is 9.36 Å². The maximum absolute atomic E-state index is 13.5. The molecule has 1 saturated carbocycles. The van der Waals surface area contributed by atoms with Gasteiger partial charge in [-0.05, 0) is 81.1 Å². The molecule has 1 aliphatic heterocycles. The lowest BCUT2D eigenvalue weighted by molar-refractivity contribution is 0.0963. The van der Waals surface area contributed by atoms with E-state index >= 15 is 0 Å². The zero-order valence-corrected chi connectivity index (χ0v) is 18.8. The first kappa shape index (κ1) is 20.8. The molecular weight excluding hydrogens is 402 g/mol. The van der Waals surface area contributed by atoms with Crippen molar-refractivity contribution >= 4 is 22.9 Å². The third-order valence-electron chi connectivity index (χ3n) is 7.00. The highest BCUT2D eigenvalue weighted by Crippen LogP contribution is 2.43. The summed E-state index contributed by atoms with van der Waals surface area (Å²) in [7, 11) is 4.25. The van der Waals surface area contributed by atoms with Gasteiger partial charge in [-0.15, -0.1) is 0 Å². The van der Waals surface area contributed by atoms with E-state index < -0.39 is 0 Å². The standard InChI is InChI=1S/C26H29N3O3/c1-16-6-4-5-7-21(16)25(30)29-14-23(18-12-20(13-18)28(2)3)22-11-17(8-9-24(22)29)10-19-15-32-26(31)27-19/h4-9,11,14,18-20H,10,12-13,15H2,1-3H3,(H,27,31)/t18-,19-,20-/m0/s1. The van der Waals surface area contributed by atoms with E-state index in [1.165, 1.54) is 5.56 Å². The van der Waals surface area contributed by atoms with Gasteiger partial charge in [0.1, 0.15) is 6.61 Å². The summed E-state index contributed by atoms with van der Waals surface area (Å²) in [6, 6.07) is 14.6. The Morgan fingerprint density at radius 1 is 1.19 bits per heavy atom. The summed E-state index contributed by atoms with van der Waals surface area (Å²) < 4.78 is 6.86. The third kappa shape index (κ3) is 3.69. The molecule has 6 heteroatoms. The van der Waals surface area contributed by atoms with Crippen LogP contribution >= 0.6 is 0 Å². The Hall–Kier alpha value is -3.12. The number of rotatable bonds is 5. The normalized spacial score (nSPS) is 22.6. The van der Waals surface area contributed by atoms with Crippen LogP contribution in [0.4, 0.5) is 4.79 Å². The van der Waals surface area contributed by atoms with Gasteiger partial charge in [-0.2, -0.15) is 0 Å². The first-order chi connectivity index (χ1) is 15.4. The quantitative estimate of drug-likeness (QED) is 0.661. The van der Waals surface area contributed by atoms with Crippen molar-refractivity contribution in [2.75, 3.05) is 20.7 Å². The van der Waals surface area contributed by atoms with Crippen LogP contribution in [-0.2, 0) is 11.2 Å². The first-order valence-corrected chi connectivity index (χ1v) is 11.2. The van der Waals surface area contributed by atoms with Crippen LogP contribution in [-0.4, -0.2) is 54.3 Å². The number of carbonyl (C=O) groups is 2. The zero-order valence-electron chi connectivity index (χ0n) is 18.8. The summed E-state index contributed by atoms with van der Waals surface area (Å²) in [6.45, 7) is 2.37. The monoisotopic (exact) mass is 431 g/mol. The molecule has 0 spiro atoms. The molecule has 6 nitrogen and oxygen atoms in total. The predicted octanol–water partition coefficient (Wildman–Crippen LogP) is 4.10. The molecule has 2 heterocycles. The van der Waals surface area contributed by atoms with Crippen LogP contribution in [0.15, 0.2) is 48.7 Å². The highest BCUT2D eigenvalue weighted by atomic mass is 16.6. The maximum atomic E-state index is 13.5. The van der Waals surface area contributed by atoms with Crippen LogP contribution < -0.4 is 5.32 Å². The Morgan fingerprint density at radius 3 is 2.66 bits per heavy atom. The molecule has 0 bridgehead atoms. The number of carbonyl (C=O) groups excluding carboxylic acids is 2. The Morgan fingerprint density at radius 2 is 1.97 bits per heavy atom.